The molecule has 6 heteroatoms. The van der Waals surface area contributed by atoms with Crippen molar-refractivity contribution in [2.24, 2.45) is 4.99 Å². The Bertz CT molecular complexity index is 895. The number of pyridine rings is 1. The Morgan fingerprint density at radius 1 is 1.36 bits per heavy atom. The van der Waals surface area contributed by atoms with E-state index >= 15 is 0 Å². The molecule has 0 spiro atoms. The molecule has 3 rings (SSSR count). The summed E-state index contributed by atoms with van der Waals surface area (Å²) >= 11 is 0. The minimum atomic E-state index is -0.365. The summed E-state index contributed by atoms with van der Waals surface area (Å²) in [5, 5.41) is 0. The van der Waals surface area contributed by atoms with Crippen LogP contribution in [0.5, 0.6) is 5.75 Å². The number of aromatic nitrogens is 1. The Hall–Kier alpha value is -2.76. The van der Waals surface area contributed by atoms with E-state index < -0.39 is 0 Å². The second kappa shape index (κ2) is 8.50. The number of carbonyl (C=O) groups excluding carboxylic acids is 1. The van der Waals surface area contributed by atoms with Crippen molar-refractivity contribution < 1.29 is 13.9 Å². The highest BCUT2D eigenvalue weighted by Crippen LogP contribution is 2.29. The van der Waals surface area contributed by atoms with Gasteiger partial charge in [-0.25, -0.2) is 4.39 Å². The van der Waals surface area contributed by atoms with Crippen molar-refractivity contribution in [1.29, 1.82) is 0 Å². The first kappa shape index (κ1) is 20.0. The van der Waals surface area contributed by atoms with Crippen molar-refractivity contribution in [2.75, 3.05) is 20.2 Å². The van der Waals surface area contributed by atoms with Crippen molar-refractivity contribution in [3.8, 4) is 16.9 Å². The molecule has 2 aromatic rings. The molecule has 148 valence electrons. The van der Waals surface area contributed by atoms with E-state index in [0.717, 1.165) is 5.69 Å². The molecule has 0 bridgehead atoms. The maximum absolute atomic E-state index is 14.5. The SMILES string of the molecule is CCOc1ccc(F)c(-c2cc(/C=N/C3CCN(C)C3=O)nc(C(C)C)c2)c1. The number of rotatable bonds is 6. The van der Waals surface area contributed by atoms with Crippen LogP contribution >= 0.6 is 0 Å². The monoisotopic (exact) mass is 383 g/mol. The van der Waals surface area contributed by atoms with Crippen molar-refractivity contribution in [3.05, 3.63) is 47.5 Å². The van der Waals surface area contributed by atoms with E-state index in [9.17, 15) is 9.18 Å². The fourth-order valence-electron chi connectivity index (χ4n) is 3.18. The van der Waals surface area contributed by atoms with Gasteiger partial charge < -0.3 is 9.64 Å². The van der Waals surface area contributed by atoms with Crippen LogP contribution < -0.4 is 4.74 Å². The molecule has 0 aliphatic carbocycles. The van der Waals surface area contributed by atoms with Gasteiger partial charge in [-0.1, -0.05) is 13.8 Å². The Morgan fingerprint density at radius 2 is 2.14 bits per heavy atom. The van der Waals surface area contributed by atoms with Gasteiger partial charge in [0.2, 0.25) is 5.91 Å². The van der Waals surface area contributed by atoms with Crippen LogP contribution in [0.4, 0.5) is 4.39 Å². The van der Waals surface area contributed by atoms with Gasteiger partial charge in [-0.3, -0.25) is 14.8 Å². The highest BCUT2D eigenvalue weighted by Gasteiger charge is 2.27. The van der Waals surface area contributed by atoms with E-state index in [1.165, 1.54) is 6.07 Å². The van der Waals surface area contributed by atoms with Crippen LogP contribution in [0.3, 0.4) is 0 Å². The number of amides is 1. The number of hydrogen-bond acceptors (Lipinski definition) is 4. The summed E-state index contributed by atoms with van der Waals surface area (Å²) in [5.41, 5.74) is 2.63. The van der Waals surface area contributed by atoms with E-state index in [-0.39, 0.29) is 23.7 Å². The fourth-order valence-corrected chi connectivity index (χ4v) is 3.18. The lowest BCUT2D eigenvalue weighted by Gasteiger charge is -2.12. The van der Waals surface area contributed by atoms with E-state index in [1.807, 2.05) is 26.8 Å². The molecule has 1 aromatic carbocycles. The molecule has 1 fully saturated rings. The predicted octanol–water partition coefficient (Wildman–Crippen LogP) is 4.06. The van der Waals surface area contributed by atoms with Crippen molar-refractivity contribution in [1.82, 2.24) is 9.88 Å². The lowest BCUT2D eigenvalue weighted by Crippen LogP contribution is -2.24. The summed E-state index contributed by atoms with van der Waals surface area (Å²) in [6.45, 7) is 7.19. The Balaban J connectivity index is 1.99. The molecule has 0 radical (unpaired) electrons. The molecule has 1 aliphatic heterocycles. The minimum Gasteiger partial charge on any atom is -0.494 e. The van der Waals surface area contributed by atoms with Gasteiger partial charge in [0, 0.05) is 31.1 Å². The first-order chi connectivity index (χ1) is 13.4. The molecule has 0 saturated carbocycles. The van der Waals surface area contributed by atoms with Gasteiger partial charge >= 0.3 is 0 Å². The Labute approximate surface area is 165 Å². The van der Waals surface area contributed by atoms with Crippen LogP contribution in [0, 0.1) is 5.82 Å². The van der Waals surface area contributed by atoms with Crippen LogP contribution in [-0.4, -0.2) is 48.2 Å². The molecule has 28 heavy (non-hydrogen) atoms. The molecule has 1 aromatic heterocycles. The molecule has 0 N–H and O–H groups in total. The number of aliphatic imine (C=N–C) groups is 1. The average Bonchev–Trinajstić information content (AvgIpc) is 2.99. The van der Waals surface area contributed by atoms with Gasteiger partial charge in [0.25, 0.3) is 0 Å². The van der Waals surface area contributed by atoms with Crippen molar-refractivity contribution >= 4 is 12.1 Å². The Kier molecular flexibility index (Phi) is 6.07. The van der Waals surface area contributed by atoms with E-state index in [0.29, 0.717) is 42.1 Å². The second-order valence-corrected chi connectivity index (χ2v) is 7.28. The summed E-state index contributed by atoms with van der Waals surface area (Å²) in [5.74, 6) is 0.493. The maximum Gasteiger partial charge on any atom is 0.247 e. The third-order valence-electron chi connectivity index (χ3n) is 4.80. The van der Waals surface area contributed by atoms with E-state index in [2.05, 4.69) is 9.98 Å². The zero-order valence-corrected chi connectivity index (χ0v) is 16.8. The molecule has 1 unspecified atom stereocenters. The smallest absolute Gasteiger partial charge is 0.247 e. The normalized spacial score (nSPS) is 17.1. The molecule has 1 saturated heterocycles. The number of likely N-dealkylation sites (tertiary alicyclic amines) is 1. The summed E-state index contributed by atoms with van der Waals surface area (Å²) in [4.78, 5) is 22.8. The number of likely N-dealkylation sites (N-methyl/N-ethyl adjacent to an activating group) is 1. The molecule has 1 aliphatic rings. The quantitative estimate of drug-likeness (QED) is 0.707. The van der Waals surface area contributed by atoms with Crippen LogP contribution in [-0.2, 0) is 4.79 Å². The highest BCUT2D eigenvalue weighted by molar-refractivity contribution is 5.88. The zero-order chi connectivity index (χ0) is 20.3. The molecule has 5 nitrogen and oxygen atoms in total. The first-order valence-electron chi connectivity index (χ1n) is 9.62. The predicted molar refractivity (Wildman–Crippen MR) is 109 cm³/mol. The van der Waals surface area contributed by atoms with Gasteiger partial charge in [0.1, 0.15) is 17.6 Å². The third kappa shape index (κ3) is 4.38. The number of ether oxygens (including phenoxy) is 1. The molecular weight excluding hydrogens is 357 g/mol. The summed E-state index contributed by atoms with van der Waals surface area (Å²) < 4.78 is 20.0. The molecule has 1 atom stereocenters. The number of halogens is 1. The van der Waals surface area contributed by atoms with Crippen LogP contribution in [0.2, 0.25) is 0 Å². The van der Waals surface area contributed by atoms with Gasteiger partial charge in [-0.05, 0) is 55.2 Å². The number of carbonyl (C=O) groups is 1. The molecular formula is C22H26FN3O2. The van der Waals surface area contributed by atoms with Crippen LogP contribution in [0.25, 0.3) is 11.1 Å². The summed E-state index contributed by atoms with van der Waals surface area (Å²) in [6.07, 6.45) is 2.33. The van der Waals surface area contributed by atoms with Gasteiger partial charge in [0.15, 0.2) is 0 Å². The topological polar surface area (TPSA) is 54.8 Å². The summed E-state index contributed by atoms with van der Waals surface area (Å²) in [6, 6.07) is 8.07. The maximum atomic E-state index is 14.5. The third-order valence-corrected chi connectivity index (χ3v) is 4.80. The number of benzene rings is 1. The van der Waals surface area contributed by atoms with Crippen molar-refractivity contribution in [3.63, 3.8) is 0 Å². The Morgan fingerprint density at radius 3 is 2.79 bits per heavy atom. The highest BCUT2D eigenvalue weighted by atomic mass is 19.1. The first-order valence-corrected chi connectivity index (χ1v) is 9.62. The fraction of sp³-hybridized carbons (Fsp3) is 0.409. The standard InChI is InChI=1S/C22H26FN3O2/c1-5-28-17-6-7-19(23)18(12-17)15-10-16(25-21(11-15)14(2)3)13-24-20-8-9-26(4)22(20)27/h6-7,10-14,20H,5,8-9H2,1-4H3/b24-13+. The van der Waals surface area contributed by atoms with Gasteiger partial charge in [-0.2, -0.15) is 0 Å². The zero-order valence-electron chi connectivity index (χ0n) is 16.8. The van der Waals surface area contributed by atoms with E-state index in [1.54, 1.807) is 36.4 Å². The summed E-state index contributed by atoms with van der Waals surface area (Å²) in [7, 11) is 1.78. The minimum absolute atomic E-state index is 0.0203. The lowest BCUT2D eigenvalue weighted by atomic mass is 10.0. The van der Waals surface area contributed by atoms with Gasteiger partial charge in [-0.15, -0.1) is 0 Å². The molecule has 2 heterocycles. The van der Waals surface area contributed by atoms with Crippen molar-refractivity contribution in [2.45, 2.75) is 39.2 Å². The van der Waals surface area contributed by atoms with E-state index in [4.69, 9.17) is 4.74 Å². The lowest BCUT2D eigenvalue weighted by molar-refractivity contribution is -0.127. The van der Waals surface area contributed by atoms with Gasteiger partial charge in [0.05, 0.1) is 12.3 Å². The number of nitrogens with zero attached hydrogens (tertiary/aromatic N) is 3. The number of hydrogen-bond donors (Lipinski definition) is 0. The molecule has 1 amide bonds. The van der Waals surface area contributed by atoms with Crippen LogP contribution in [0.1, 0.15) is 44.5 Å². The van der Waals surface area contributed by atoms with Crippen LogP contribution in [0.15, 0.2) is 35.3 Å². The second-order valence-electron chi connectivity index (χ2n) is 7.28. The average molecular weight is 383 g/mol. The largest absolute Gasteiger partial charge is 0.494 e.